The standard InChI is InChI=1S/C30H33F6NO3/c1-16(27(38)39-3)26(19-5-6-19)20-7-4-18-10-11-28(40-25(18)12-20)14-22(15-28)37-17(2)23-13-21(29(31,32)33)8-9-24(23)30(34,35)36/h4,7-9,12-13,16-17,19,22,26,37H,5-6,10-11,14-15H2,1-3H3/t16?,17-,22?,26?,28?/m0/s1. The lowest BCUT2D eigenvalue weighted by molar-refractivity contribution is -0.146. The molecule has 1 heterocycles. The van der Waals surface area contributed by atoms with Crippen molar-refractivity contribution in [1.82, 2.24) is 5.32 Å². The van der Waals surface area contributed by atoms with Gasteiger partial charge >= 0.3 is 18.3 Å². The van der Waals surface area contributed by atoms with Gasteiger partial charge in [-0.3, -0.25) is 4.79 Å². The number of rotatable bonds is 7. The van der Waals surface area contributed by atoms with E-state index in [9.17, 15) is 31.1 Å². The second kappa shape index (κ2) is 10.3. The zero-order valence-electron chi connectivity index (χ0n) is 22.6. The average Bonchev–Trinajstić information content (AvgIpc) is 3.70. The Labute approximate surface area is 229 Å². The minimum atomic E-state index is -4.77. The lowest BCUT2D eigenvalue weighted by atomic mass is 9.70. The summed E-state index contributed by atoms with van der Waals surface area (Å²) in [6.45, 7) is 3.34. The highest BCUT2D eigenvalue weighted by atomic mass is 19.4. The fourth-order valence-electron chi connectivity index (χ4n) is 6.53. The molecule has 1 aliphatic heterocycles. The lowest BCUT2D eigenvalue weighted by Gasteiger charge is -2.51. The molecule has 2 saturated carbocycles. The van der Waals surface area contributed by atoms with E-state index in [1.165, 1.54) is 14.0 Å². The van der Waals surface area contributed by atoms with Crippen LogP contribution in [0.1, 0.15) is 85.7 Å². The zero-order valence-corrected chi connectivity index (χ0v) is 22.6. The first-order valence-electron chi connectivity index (χ1n) is 13.6. The molecule has 3 atom stereocenters. The first-order chi connectivity index (χ1) is 18.7. The number of alkyl halides is 6. The molecule has 40 heavy (non-hydrogen) atoms. The minimum absolute atomic E-state index is 0.0335. The summed E-state index contributed by atoms with van der Waals surface area (Å²) < 4.78 is 92.0. The molecule has 1 spiro atoms. The van der Waals surface area contributed by atoms with Crippen molar-refractivity contribution in [2.75, 3.05) is 7.11 Å². The summed E-state index contributed by atoms with van der Waals surface area (Å²) in [5, 5.41) is 3.11. The normalized spacial score (nSPS) is 24.9. The molecule has 2 aromatic rings. The molecule has 3 aliphatic rings. The summed E-state index contributed by atoms with van der Waals surface area (Å²) in [6, 6.07) is 6.54. The molecule has 0 radical (unpaired) electrons. The second-order valence-corrected chi connectivity index (χ2v) is 11.6. The Bertz CT molecular complexity index is 1260. The quantitative estimate of drug-likeness (QED) is 0.276. The van der Waals surface area contributed by atoms with Crippen molar-refractivity contribution in [3.8, 4) is 5.75 Å². The molecular formula is C30H33F6NO3. The SMILES string of the molecule is COC(=O)C(C)C(c1ccc2c(c1)OC1(CC2)CC(N[C@@H](C)c2cc(C(F)(F)F)ccc2C(F)(F)F)C1)C1CC1. The summed E-state index contributed by atoms with van der Waals surface area (Å²) in [7, 11) is 1.39. The number of benzene rings is 2. The average molecular weight is 570 g/mol. The largest absolute Gasteiger partial charge is 0.487 e. The van der Waals surface area contributed by atoms with Crippen molar-refractivity contribution >= 4 is 5.97 Å². The number of methoxy groups -OCH3 is 1. The van der Waals surface area contributed by atoms with Crippen LogP contribution in [0, 0.1) is 11.8 Å². The molecule has 5 rings (SSSR count). The van der Waals surface area contributed by atoms with Gasteiger partial charge in [0, 0.05) is 24.9 Å². The highest BCUT2D eigenvalue weighted by Gasteiger charge is 2.49. The highest BCUT2D eigenvalue weighted by Crippen LogP contribution is 2.50. The van der Waals surface area contributed by atoms with E-state index in [1.807, 2.05) is 19.1 Å². The number of carbonyl (C=O) groups is 1. The third kappa shape index (κ3) is 5.69. The molecule has 0 amide bonds. The maximum absolute atomic E-state index is 13.6. The molecule has 0 saturated heterocycles. The van der Waals surface area contributed by atoms with Crippen LogP contribution in [-0.4, -0.2) is 24.7 Å². The molecule has 0 bridgehead atoms. The molecule has 10 heteroatoms. The Hall–Kier alpha value is -2.75. The van der Waals surface area contributed by atoms with Gasteiger partial charge in [0.1, 0.15) is 11.4 Å². The smallest absolute Gasteiger partial charge is 0.416 e. The second-order valence-electron chi connectivity index (χ2n) is 11.6. The number of hydrogen-bond donors (Lipinski definition) is 1. The fraction of sp³-hybridized carbons (Fsp3) is 0.567. The Balaban J connectivity index is 1.29. The van der Waals surface area contributed by atoms with E-state index >= 15 is 0 Å². The third-order valence-corrected chi connectivity index (χ3v) is 8.77. The number of fused-ring (bicyclic) bond motifs is 1. The summed E-state index contributed by atoms with van der Waals surface area (Å²) in [5.41, 5.74) is -0.985. The third-order valence-electron chi connectivity index (χ3n) is 8.77. The van der Waals surface area contributed by atoms with Crippen LogP contribution in [0.4, 0.5) is 26.3 Å². The van der Waals surface area contributed by atoms with Gasteiger partial charge in [-0.1, -0.05) is 19.1 Å². The van der Waals surface area contributed by atoms with E-state index in [0.29, 0.717) is 37.0 Å². The van der Waals surface area contributed by atoms with Crippen molar-refractivity contribution in [2.45, 2.75) is 88.3 Å². The number of ether oxygens (including phenoxy) is 2. The van der Waals surface area contributed by atoms with Crippen LogP contribution in [0.15, 0.2) is 36.4 Å². The van der Waals surface area contributed by atoms with Crippen LogP contribution in [0.25, 0.3) is 0 Å². The Morgan fingerprint density at radius 2 is 1.73 bits per heavy atom. The lowest BCUT2D eigenvalue weighted by Crippen LogP contribution is -2.58. The van der Waals surface area contributed by atoms with Gasteiger partial charge in [0.05, 0.1) is 24.2 Å². The van der Waals surface area contributed by atoms with Gasteiger partial charge in [0.15, 0.2) is 0 Å². The van der Waals surface area contributed by atoms with Crippen molar-refractivity contribution in [1.29, 1.82) is 0 Å². The Kier molecular flexibility index (Phi) is 7.38. The molecule has 2 unspecified atom stereocenters. The maximum atomic E-state index is 13.6. The van der Waals surface area contributed by atoms with Gasteiger partial charge in [-0.05, 0) is 85.4 Å². The van der Waals surface area contributed by atoms with Crippen molar-refractivity contribution in [3.05, 3.63) is 64.2 Å². The number of halogens is 6. The van der Waals surface area contributed by atoms with Crippen LogP contribution >= 0.6 is 0 Å². The Morgan fingerprint density at radius 3 is 2.33 bits per heavy atom. The molecule has 4 nitrogen and oxygen atoms in total. The number of esters is 1. The topological polar surface area (TPSA) is 47.6 Å². The highest BCUT2D eigenvalue weighted by molar-refractivity contribution is 5.73. The summed E-state index contributed by atoms with van der Waals surface area (Å²) in [6.07, 6.45) is -4.80. The van der Waals surface area contributed by atoms with Crippen molar-refractivity contribution in [2.24, 2.45) is 11.8 Å². The predicted octanol–water partition coefficient (Wildman–Crippen LogP) is 7.60. The van der Waals surface area contributed by atoms with Crippen LogP contribution in [0.3, 0.4) is 0 Å². The van der Waals surface area contributed by atoms with Gasteiger partial charge in [-0.25, -0.2) is 0 Å². The zero-order chi connectivity index (χ0) is 29.0. The molecule has 2 aromatic carbocycles. The predicted molar refractivity (Wildman–Crippen MR) is 136 cm³/mol. The summed E-state index contributed by atoms with van der Waals surface area (Å²) in [5.74, 6) is 0.676. The molecular weight excluding hydrogens is 536 g/mol. The molecule has 218 valence electrons. The van der Waals surface area contributed by atoms with Crippen LogP contribution < -0.4 is 10.1 Å². The van der Waals surface area contributed by atoms with Gasteiger partial charge in [-0.2, -0.15) is 26.3 Å². The van der Waals surface area contributed by atoms with E-state index in [0.717, 1.165) is 42.6 Å². The van der Waals surface area contributed by atoms with E-state index in [1.54, 1.807) is 0 Å². The molecule has 2 aliphatic carbocycles. The van der Waals surface area contributed by atoms with Gasteiger partial charge in [-0.15, -0.1) is 0 Å². The molecule has 0 aromatic heterocycles. The van der Waals surface area contributed by atoms with Gasteiger partial charge in [0.25, 0.3) is 0 Å². The molecule has 2 fully saturated rings. The van der Waals surface area contributed by atoms with E-state index in [-0.39, 0.29) is 23.8 Å². The van der Waals surface area contributed by atoms with Gasteiger partial charge < -0.3 is 14.8 Å². The van der Waals surface area contributed by atoms with E-state index in [2.05, 4.69) is 11.4 Å². The number of aryl methyl sites for hydroxylation is 1. The summed E-state index contributed by atoms with van der Waals surface area (Å²) in [4.78, 5) is 12.3. The van der Waals surface area contributed by atoms with Crippen LogP contribution in [0.5, 0.6) is 5.75 Å². The monoisotopic (exact) mass is 569 g/mol. The van der Waals surface area contributed by atoms with Crippen LogP contribution in [0.2, 0.25) is 0 Å². The van der Waals surface area contributed by atoms with Crippen molar-refractivity contribution < 1.29 is 40.6 Å². The first-order valence-corrected chi connectivity index (χ1v) is 13.6. The number of carbonyl (C=O) groups excluding carboxylic acids is 1. The van der Waals surface area contributed by atoms with Crippen LogP contribution in [-0.2, 0) is 28.3 Å². The maximum Gasteiger partial charge on any atom is 0.416 e. The fourth-order valence-corrected chi connectivity index (χ4v) is 6.53. The van der Waals surface area contributed by atoms with E-state index in [4.69, 9.17) is 9.47 Å². The van der Waals surface area contributed by atoms with Gasteiger partial charge in [0.2, 0.25) is 0 Å². The minimum Gasteiger partial charge on any atom is -0.487 e. The van der Waals surface area contributed by atoms with Crippen molar-refractivity contribution in [3.63, 3.8) is 0 Å². The number of nitrogens with one attached hydrogen (secondary N) is 1. The van der Waals surface area contributed by atoms with E-state index < -0.39 is 40.7 Å². The first kappa shape index (κ1) is 28.8. The molecule has 1 N–H and O–H groups in total. The number of hydrogen-bond acceptors (Lipinski definition) is 4. The summed E-state index contributed by atoms with van der Waals surface area (Å²) >= 11 is 0. The Morgan fingerprint density at radius 1 is 1.02 bits per heavy atom.